The third kappa shape index (κ3) is 3.37. The monoisotopic (exact) mass is 268 g/mol. The van der Waals surface area contributed by atoms with E-state index in [-0.39, 0.29) is 0 Å². The van der Waals surface area contributed by atoms with E-state index in [1.165, 1.54) is 6.92 Å². The smallest absolute Gasteiger partial charge is 0.187 e. The van der Waals surface area contributed by atoms with Crippen molar-refractivity contribution in [1.82, 2.24) is 0 Å². The molecule has 8 nitrogen and oxygen atoms in total. The van der Waals surface area contributed by atoms with E-state index in [0.29, 0.717) is 0 Å². The maximum atomic E-state index is 9.64. The van der Waals surface area contributed by atoms with Crippen molar-refractivity contribution in [3.63, 3.8) is 0 Å². The Morgan fingerprint density at radius 2 is 1.67 bits per heavy atom. The molecule has 0 unspecified atom stereocenters. The van der Waals surface area contributed by atoms with Crippen molar-refractivity contribution >= 4 is 0 Å². The molecule has 6 N–H and O–H groups in total. The Balaban J connectivity index is 2.65. The summed E-state index contributed by atoms with van der Waals surface area (Å²) in [6, 6.07) is 0. The Labute approximate surface area is 104 Å². The second-order valence-electron chi connectivity index (χ2n) is 4.29. The Morgan fingerprint density at radius 3 is 2.17 bits per heavy atom. The topological polar surface area (TPSA) is 140 Å². The van der Waals surface area contributed by atoms with Crippen LogP contribution < -0.4 is 0 Å². The molecule has 0 aromatic carbocycles. The molecule has 1 saturated heterocycles. The van der Waals surface area contributed by atoms with Crippen LogP contribution in [0.4, 0.5) is 0 Å². The van der Waals surface area contributed by atoms with Gasteiger partial charge in [0.25, 0.3) is 0 Å². The van der Waals surface area contributed by atoms with Gasteiger partial charge in [0.2, 0.25) is 0 Å². The lowest BCUT2D eigenvalue weighted by Gasteiger charge is -2.40. The third-order valence-electron chi connectivity index (χ3n) is 2.91. The van der Waals surface area contributed by atoms with Crippen LogP contribution >= 0.6 is 0 Å². The normalized spacial score (nSPS) is 40.5. The van der Waals surface area contributed by atoms with Gasteiger partial charge in [0.15, 0.2) is 6.29 Å². The first-order valence-corrected chi connectivity index (χ1v) is 5.67. The predicted molar refractivity (Wildman–Crippen MR) is 57.4 cm³/mol. The van der Waals surface area contributed by atoms with Gasteiger partial charge in [-0.15, -0.1) is 0 Å². The zero-order chi connectivity index (χ0) is 13.9. The molecule has 1 fully saturated rings. The van der Waals surface area contributed by atoms with Crippen molar-refractivity contribution in [3.05, 3.63) is 0 Å². The summed E-state index contributed by atoms with van der Waals surface area (Å²) in [7, 11) is 0. The maximum absolute atomic E-state index is 9.64. The van der Waals surface area contributed by atoms with Gasteiger partial charge >= 0.3 is 0 Å². The molecule has 0 spiro atoms. The van der Waals surface area contributed by atoms with E-state index in [1.807, 2.05) is 0 Å². The molecule has 108 valence electrons. The number of hydrogen-bond donors (Lipinski definition) is 6. The summed E-state index contributed by atoms with van der Waals surface area (Å²) in [4.78, 5) is 0. The Morgan fingerprint density at radius 1 is 1.06 bits per heavy atom. The summed E-state index contributed by atoms with van der Waals surface area (Å²) in [5, 5.41) is 55.7. The van der Waals surface area contributed by atoms with Crippen LogP contribution in [0.2, 0.25) is 0 Å². The van der Waals surface area contributed by atoms with E-state index in [1.54, 1.807) is 0 Å². The number of rotatable bonds is 5. The molecular weight excluding hydrogens is 248 g/mol. The summed E-state index contributed by atoms with van der Waals surface area (Å²) in [5.74, 6) is 0. The fourth-order valence-electron chi connectivity index (χ4n) is 1.67. The van der Waals surface area contributed by atoms with Crippen LogP contribution in [-0.2, 0) is 9.47 Å². The summed E-state index contributed by atoms with van der Waals surface area (Å²) in [6.07, 6.45) is -8.82. The predicted octanol–water partition coefficient (Wildman–Crippen LogP) is -3.46. The van der Waals surface area contributed by atoms with Gasteiger partial charge in [0.1, 0.15) is 30.5 Å². The highest BCUT2D eigenvalue weighted by Gasteiger charge is 2.43. The lowest BCUT2D eigenvalue weighted by molar-refractivity contribution is -0.313. The summed E-state index contributed by atoms with van der Waals surface area (Å²) in [5.41, 5.74) is 0. The molecule has 0 aromatic heterocycles. The molecular formula is C10H20O8. The van der Waals surface area contributed by atoms with Crippen molar-refractivity contribution < 1.29 is 40.1 Å². The largest absolute Gasteiger partial charge is 0.394 e. The molecule has 1 aliphatic rings. The van der Waals surface area contributed by atoms with Crippen LogP contribution in [0, 0.1) is 0 Å². The van der Waals surface area contributed by atoms with Gasteiger partial charge in [-0.2, -0.15) is 0 Å². The first-order chi connectivity index (χ1) is 8.42. The molecule has 0 radical (unpaired) electrons. The SMILES string of the molecule is C[C@@H]1O[C@H](O[C@@H](CO)[C@H](O)CO)[C@H](O)[C@H](O)[C@H]1O. The first kappa shape index (κ1) is 15.7. The molecule has 1 heterocycles. The van der Waals surface area contributed by atoms with E-state index < -0.39 is 56.1 Å². The lowest BCUT2D eigenvalue weighted by atomic mass is 10.00. The van der Waals surface area contributed by atoms with Crippen molar-refractivity contribution in [3.8, 4) is 0 Å². The average Bonchev–Trinajstić information content (AvgIpc) is 2.38. The standard InChI is InChI=1S/C10H20O8/c1-4-7(14)8(15)9(16)10(17-4)18-6(3-12)5(13)2-11/h4-16H,2-3H2,1H3/t4-,5+,6-,7-,8+,9+,10+/m0/s1. The second kappa shape index (κ2) is 6.73. The van der Waals surface area contributed by atoms with Gasteiger partial charge in [-0.1, -0.05) is 0 Å². The van der Waals surface area contributed by atoms with Crippen LogP contribution in [0.1, 0.15) is 6.92 Å². The van der Waals surface area contributed by atoms with E-state index in [4.69, 9.17) is 19.7 Å². The second-order valence-corrected chi connectivity index (χ2v) is 4.29. The minimum Gasteiger partial charge on any atom is -0.394 e. The average molecular weight is 268 g/mol. The van der Waals surface area contributed by atoms with Gasteiger partial charge in [0, 0.05) is 0 Å². The first-order valence-electron chi connectivity index (χ1n) is 5.67. The van der Waals surface area contributed by atoms with Gasteiger partial charge in [-0.05, 0) is 6.92 Å². The molecule has 0 saturated carbocycles. The quantitative estimate of drug-likeness (QED) is 0.302. The van der Waals surface area contributed by atoms with Crippen molar-refractivity contribution in [1.29, 1.82) is 0 Å². The number of hydrogen-bond acceptors (Lipinski definition) is 8. The highest BCUT2D eigenvalue weighted by Crippen LogP contribution is 2.23. The van der Waals surface area contributed by atoms with Gasteiger partial charge in [-0.3, -0.25) is 0 Å². The highest BCUT2D eigenvalue weighted by atomic mass is 16.7. The Kier molecular flexibility index (Phi) is 5.89. The Bertz CT molecular complexity index is 250. The number of aliphatic hydroxyl groups excluding tert-OH is 6. The summed E-state index contributed by atoms with van der Waals surface area (Å²) < 4.78 is 10.2. The Hall–Kier alpha value is -0.320. The third-order valence-corrected chi connectivity index (χ3v) is 2.91. The molecule has 0 amide bonds. The van der Waals surface area contributed by atoms with Crippen molar-refractivity contribution in [2.75, 3.05) is 13.2 Å². The fourth-order valence-corrected chi connectivity index (χ4v) is 1.67. The van der Waals surface area contributed by atoms with Gasteiger partial charge in [-0.25, -0.2) is 0 Å². The van der Waals surface area contributed by atoms with Gasteiger partial charge < -0.3 is 40.1 Å². The molecule has 1 rings (SSSR count). The number of ether oxygens (including phenoxy) is 2. The molecule has 0 bridgehead atoms. The molecule has 7 atom stereocenters. The minimum absolute atomic E-state index is 0.596. The molecule has 8 heteroatoms. The van der Waals surface area contributed by atoms with E-state index >= 15 is 0 Å². The van der Waals surface area contributed by atoms with Crippen molar-refractivity contribution in [2.45, 2.75) is 49.8 Å². The summed E-state index contributed by atoms with van der Waals surface area (Å²) >= 11 is 0. The fraction of sp³-hybridized carbons (Fsp3) is 1.00. The van der Waals surface area contributed by atoms with Crippen LogP contribution in [0.25, 0.3) is 0 Å². The van der Waals surface area contributed by atoms with E-state index in [9.17, 15) is 20.4 Å². The molecule has 1 aliphatic heterocycles. The zero-order valence-electron chi connectivity index (χ0n) is 9.96. The van der Waals surface area contributed by atoms with Gasteiger partial charge in [0.05, 0.1) is 19.3 Å². The minimum atomic E-state index is -1.52. The maximum Gasteiger partial charge on any atom is 0.187 e. The van der Waals surface area contributed by atoms with E-state index in [2.05, 4.69) is 0 Å². The zero-order valence-corrected chi connectivity index (χ0v) is 9.96. The van der Waals surface area contributed by atoms with Crippen molar-refractivity contribution in [2.24, 2.45) is 0 Å². The van der Waals surface area contributed by atoms with Crippen LogP contribution in [-0.4, -0.2) is 86.8 Å². The highest BCUT2D eigenvalue weighted by molar-refractivity contribution is 4.88. The number of aliphatic hydroxyl groups is 6. The van der Waals surface area contributed by atoms with Crippen LogP contribution in [0.15, 0.2) is 0 Å². The lowest BCUT2D eigenvalue weighted by Crippen LogP contribution is -2.58. The van der Waals surface area contributed by atoms with Crippen LogP contribution in [0.5, 0.6) is 0 Å². The molecule has 0 aromatic rings. The summed E-state index contributed by atoms with van der Waals surface area (Å²) in [6.45, 7) is 0.253. The molecule has 0 aliphatic carbocycles. The van der Waals surface area contributed by atoms with E-state index in [0.717, 1.165) is 0 Å². The molecule has 18 heavy (non-hydrogen) atoms. The van der Waals surface area contributed by atoms with Crippen LogP contribution in [0.3, 0.4) is 0 Å².